The van der Waals surface area contributed by atoms with Gasteiger partial charge >= 0.3 is 86.9 Å². The molecule has 1 rings (SSSR count). The van der Waals surface area contributed by atoms with Crippen molar-refractivity contribution in [3.63, 3.8) is 0 Å². The summed E-state index contributed by atoms with van der Waals surface area (Å²) in [5, 5.41) is 19.1. The molecule has 0 bridgehead atoms. The van der Waals surface area contributed by atoms with Crippen LogP contribution in [0.4, 0.5) is 5.69 Å². The topological polar surface area (TPSA) is 86.6 Å². The van der Waals surface area contributed by atoms with Gasteiger partial charge in [-0.25, -0.2) is 0 Å². The van der Waals surface area contributed by atoms with Crippen molar-refractivity contribution in [1.29, 1.82) is 0 Å². The summed E-state index contributed by atoms with van der Waals surface area (Å²) >= 11 is 0.446. The average Bonchev–Trinajstić information content (AvgIpc) is 2.16. The quantitative estimate of drug-likeness (QED) is 0.625. The monoisotopic (exact) mass is 412 g/mol. The fraction of sp³-hybridized carbons (Fsp3) is 0.200. The third kappa shape index (κ3) is 5.11. The van der Waals surface area contributed by atoms with Crippen LogP contribution in [0, 0.1) is 0 Å². The van der Waals surface area contributed by atoms with Crippen molar-refractivity contribution in [3.8, 4) is 0 Å². The Kier molecular flexibility index (Phi) is 6.72. The van der Waals surface area contributed by atoms with Crippen molar-refractivity contribution in [1.82, 2.24) is 0 Å². The van der Waals surface area contributed by atoms with Crippen molar-refractivity contribution >= 4 is 20.7 Å². The van der Waals surface area contributed by atoms with Gasteiger partial charge in [0, 0.05) is 6.92 Å². The van der Waals surface area contributed by atoms with Crippen LogP contribution in [0.5, 0.6) is 0 Å². The van der Waals surface area contributed by atoms with E-state index in [-0.39, 0.29) is 0 Å². The van der Waals surface area contributed by atoms with Crippen LogP contribution >= 0.6 is 0 Å². The Morgan fingerprint density at radius 1 is 1.31 bits per heavy atom. The molecular formula is C10H12HgNO4. The Balaban J connectivity index is 0.000000487. The van der Waals surface area contributed by atoms with E-state index < -0.39 is 11.9 Å². The Morgan fingerprint density at radius 2 is 1.81 bits per heavy atom. The van der Waals surface area contributed by atoms with Gasteiger partial charge in [0.15, 0.2) is 0 Å². The Labute approximate surface area is 109 Å². The SMILES string of the molecule is CC(=O)O.CNc1[c]([Hg])cccc1C(=O)O. The molecule has 0 saturated heterocycles. The summed E-state index contributed by atoms with van der Waals surface area (Å²) in [5.41, 5.74) is 1.14. The van der Waals surface area contributed by atoms with Crippen molar-refractivity contribution in [2.45, 2.75) is 6.92 Å². The number of aromatic carboxylic acids is 1. The number of carboxylic acids is 2. The van der Waals surface area contributed by atoms with E-state index in [1.165, 1.54) is 0 Å². The van der Waals surface area contributed by atoms with Crippen LogP contribution in [0.1, 0.15) is 17.3 Å². The number of nitrogens with one attached hydrogen (secondary N) is 1. The van der Waals surface area contributed by atoms with E-state index >= 15 is 0 Å². The van der Waals surface area contributed by atoms with Gasteiger partial charge in [0.2, 0.25) is 0 Å². The number of hydrogen-bond acceptors (Lipinski definition) is 3. The fourth-order valence-electron chi connectivity index (χ4n) is 1.07. The van der Waals surface area contributed by atoms with Gasteiger partial charge in [0.05, 0.1) is 0 Å². The number of carboxylic acid groups (broad SMARTS) is 2. The van der Waals surface area contributed by atoms with E-state index in [4.69, 9.17) is 15.0 Å². The molecule has 16 heavy (non-hydrogen) atoms. The first-order valence-electron chi connectivity index (χ1n) is 4.45. The molecule has 0 unspecified atom stereocenters. The molecule has 83 valence electrons. The molecule has 6 heteroatoms. The van der Waals surface area contributed by atoms with E-state index in [9.17, 15) is 4.79 Å². The van der Waals surface area contributed by atoms with Gasteiger partial charge in [-0.1, -0.05) is 0 Å². The number of para-hydroxylation sites is 1. The predicted molar refractivity (Wildman–Crippen MR) is 55.9 cm³/mol. The standard InChI is InChI=1S/C8H8NO2.C2H4O2.Hg/c1-9-7-5-3-2-4-6(7)8(10)11;1-2(3)4;/h2-4,9H,1H3,(H,10,11);1H3,(H,3,4);. The molecule has 1 aromatic rings. The number of rotatable bonds is 2. The first kappa shape index (κ1) is 14.9. The molecule has 0 aliphatic carbocycles. The minimum absolute atomic E-state index is 0.366. The van der Waals surface area contributed by atoms with Gasteiger partial charge in [-0.2, -0.15) is 0 Å². The first-order chi connectivity index (χ1) is 7.40. The van der Waals surface area contributed by atoms with Crippen LogP contribution in [0.2, 0.25) is 0 Å². The molecule has 0 aliphatic rings. The minimum atomic E-state index is -0.869. The molecule has 0 amide bonds. The second-order valence-corrected chi connectivity index (χ2v) is 5.88. The molecule has 0 radical (unpaired) electrons. The maximum absolute atomic E-state index is 10.7. The molecule has 0 aliphatic heterocycles. The average molecular weight is 411 g/mol. The number of benzene rings is 1. The summed E-state index contributed by atoms with van der Waals surface area (Å²) in [6.45, 7) is 1.08. The second kappa shape index (κ2) is 7.22. The van der Waals surface area contributed by atoms with E-state index in [2.05, 4.69) is 5.32 Å². The van der Waals surface area contributed by atoms with Gasteiger partial charge in [0.1, 0.15) is 0 Å². The number of carbonyl (C=O) groups is 2. The third-order valence-corrected chi connectivity index (χ3v) is 3.92. The molecular weight excluding hydrogens is 399 g/mol. The van der Waals surface area contributed by atoms with Gasteiger partial charge in [0.25, 0.3) is 5.97 Å². The fourth-order valence-corrected chi connectivity index (χ4v) is 3.03. The van der Waals surface area contributed by atoms with E-state index in [0.717, 1.165) is 15.7 Å². The van der Waals surface area contributed by atoms with Crippen LogP contribution in [-0.2, 0) is 30.9 Å². The number of hydrogen-bond donors (Lipinski definition) is 3. The van der Waals surface area contributed by atoms with Crippen molar-refractivity contribution in [2.75, 3.05) is 12.4 Å². The van der Waals surface area contributed by atoms with Crippen LogP contribution in [0.15, 0.2) is 18.2 Å². The number of aliphatic carboxylic acids is 1. The molecule has 0 saturated carbocycles. The van der Waals surface area contributed by atoms with Crippen LogP contribution in [-0.4, -0.2) is 29.2 Å². The number of anilines is 1. The molecule has 0 spiro atoms. The van der Waals surface area contributed by atoms with Crippen LogP contribution < -0.4 is 8.39 Å². The molecule has 3 N–H and O–H groups in total. The summed E-state index contributed by atoms with van der Waals surface area (Å²) < 4.78 is 1.14. The molecule has 5 nitrogen and oxygen atoms in total. The zero-order valence-corrected chi connectivity index (χ0v) is 14.6. The van der Waals surface area contributed by atoms with E-state index in [0.29, 0.717) is 31.7 Å². The van der Waals surface area contributed by atoms with Crippen LogP contribution in [0.25, 0.3) is 0 Å². The summed E-state index contributed by atoms with van der Waals surface area (Å²) in [7, 11) is 1.75. The van der Waals surface area contributed by atoms with Crippen molar-refractivity contribution < 1.29 is 45.9 Å². The molecule has 0 heterocycles. The van der Waals surface area contributed by atoms with Gasteiger partial charge < -0.3 is 5.11 Å². The summed E-state index contributed by atoms with van der Waals surface area (Å²) in [6.07, 6.45) is 0. The molecule has 0 atom stereocenters. The predicted octanol–water partition coefficient (Wildman–Crippen LogP) is 0.690. The maximum atomic E-state index is 10.7. The molecule has 0 fully saturated rings. The van der Waals surface area contributed by atoms with Crippen molar-refractivity contribution in [3.05, 3.63) is 23.8 Å². The van der Waals surface area contributed by atoms with E-state index in [1.54, 1.807) is 19.2 Å². The molecule has 0 aromatic heterocycles. The second-order valence-electron chi connectivity index (χ2n) is 2.91. The zero-order valence-electron chi connectivity index (χ0n) is 9.15. The van der Waals surface area contributed by atoms with Gasteiger partial charge in [-0.05, 0) is 0 Å². The Morgan fingerprint density at radius 3 is 2.12 bits per heavy atom. The van der Waals surface area contributed by atoms with Crippen molar-refractivity contribution in [2.24, 2.45) is 0 Å². The Hall–Kier alpha value is -1.10. The summed E-state index contributed by atoms with van der Waals surface area (Å²) in [6, 6.07) is 5.36. The third-order valence-electron chi connectivity index (χ3n) is 1.63. The summed E-state index contributed by atoms with van der Waals surface area (Å²) in [5.74, 6) is -1.70. The van der Waals surface area contributed by atoms with E-state index in [1.807, 2.05) is 6.07 Å². The normalized spacial score (nSPS) is 8.75. The zero-order chi connectivity index (χ0) is 12.7. The Bertz CT molecular complexity index is 388. The van der Waals surface area contributed by atoms with Gasteiger partial charge in [-0.15, -0.1) is 0 Å². The molecule has 1 aromatic carbocycles. The first-order valence-corrected chi connectivity index (χ1v) is 7.20. The van der Waals surface area contributed by atoms with Crippen LogP contribution in [0.3, 0.4) is 0 Å². The summed E-state index contributed by atoms with van der Waals surface area (Å²) in [4.78, 5) is 19.7. The van der Waals surface area contributed by atoms with Gasteiger partial charge in [-0.3, -0.25) is 4.79 Å².